The number of hydrogen-bond acceptors (Lipinski definition) is 3. The minimum Gasteiger partial charge on any atom is -0.394 e. The summed E-state index contributed by atoms with van der Waals surface area (Å²) < 4.78 is 26.4. The summed E-state index contributed by atoms with van der Waals surface area (Å²) in [6, 6.07) is 3.85. The Bertz CT molecular complexity index is 433. The fourth-order valence-corrected chi connectivity index (χ4v) is 2.54. The van der Waals surface area contributed by atoms with E-state index in [2.05, 4.69) is 10.2 Å². The highest BCUT2D eigenvalue weighted by Gasteiger charge is 2.33. The summed E-state index contributed by atoms with van der Waals surface area (Å²) in [6.45, 7) is 5.11. The molecule has 0 aromatic heterocycles. The fraction of sp³-hybridized carbons (Fsp3) is 0.571. The second-order valence-electron chi connectivity index (χ2n) is 5.15. The number of nitrogens with zero attached hydrogens (tertiary/aromatic N) is 1. The molecule has 0 aliphatic carbocycles. The molecule has 2 N–H and O–H groups in total. The van der Waals surface area contributed by atoms with Crippen molar-refractivity contribution in [3.8, 4) is 0 Å². The second kappa shape index (κ2) is 5.94. The third-order valence-corrected chi connectivity index (χ3v) is 3.89. The largest absolute Gasteiger partial charge is 0.394 e. The lowest BCUT2D eigenvalue weighted by Crippen LogP contribution is -2.48. The Morgan fingerprint density at radius 2 is 2.05 bits per heavy atom. The van der Waals surface area contributed by atoms with Crippen molar-refractivity contribution in [2.24, 2.45) is 0 Å². The number of halogens is 2. The van der Waals surface area contributed by atoms with Crippen molar-refractivity contribution in [3.63, 3.8) is 0 Å². The van der Waals surface area contributed by atoms with Gasteiger partial charge in [0, 0.05) is 19.6 Å². The van der Waals surface area contributed by atoms with Crippen LogP contribution < -0.4 is 5.32 Å². The van der Waals surface area contributed by atoms with Gasteiger partial charge < -0.3 is 10.4 Å². The van der Waals surface area contributed by atoms with Crippen LogP contribution >= 0.6 is 0 Å². The van der Waals surface area contributed by atoms with E-state index in [-0.39, 0.29) is 6.61 Å². The van der Waals surface area contributed by atoms with Gasteiger partial charge in [0.1, 0.15) is 0 Å². The van der Waals surface area contributed by atoms with E-state index >= 15 is 0 Å². The first-order valence-electron chi connectivity index (χ1n) is 6.60. The van der Waals surface area contributed by atoms with Crippen LogP contribution in [0.25, 0.3) is 0 Å². The van der Waals surface area contributed by atoms with E-state index in [9.17, 15) is 13.9 Å². The first-order chi connectivity index (χ1) is 9.08. The number of benzene rings is 1. The highest BCUT2D eigenvalue weighted by atomic mass is 19.2. The maximum Gasteiger partial charge on any atom is 0.159 e. The molecule has 0 saturated carbocycles. The van der Waals surface area contributed by atoms with Gasteiger partial charge in [-0.3, -0.25) is 4.90 Å². The minimum absolute atomic E-state index is 0.127. The van der Waals surface area contributed by atoms with E-state index in [4.69, 9.17) is 0 Å². The number of aliphatic hydroxyl groups is 1. The minimum atomic E-state index is -0.870. The molecule has 0 radical (unpaired) electrons. The van der Waals surface area contributed by atoms with Crippen LogP contribution in [0.4, 0.5) is 8.78 Å². The molecular formula is C14H20F2N2O. The molecule has 1 aliphatic heterocycles. The molecule has 1 fully saturated rings. The lowest BCUT2D eigenvalue weighted by atomic mass is 9.90. The van der Waals surface area contributed by atoms with Crippen LogP contribution in [0.3, 0.4) is 0 Å². The van der Waals surface area contributed by atoms with Gasteiger partial charge in [0.2, 0.25) is 0 Å². The number of rotatable bonds is 3. The highest BCUT2D eigenvalue weighted by Crippen LogP contribution is 2.29. The normalized spacial score (nSPS) is 20.8. The molecule has 106 valence electrons. The Morgan fingerprint density at radius 1 is 1.26 bits per heavy atom. The molecule has 3 nitrogen and oxygen atoms in total. The van der Waals surface area contributed by atoms with Crippen molar-refractivity contribution in [2.45, 2.75) is 18.9 Å². The first kappa shape index (κ1) is 14.4. The van der Waals surface area contributed by atoms with Gasteiger partial charge in [0.05, 0.1) is 12.1 Å². The molecule has 1 atom stereocenters. The summed E-state index contributed by atoms with van der Waals surface area (Å²) in [5.74, 6) is -1.73. The summed E-state index contributed by atoms with van der Waals surface area (Å²) in [4.78, 5) is 2.12. The maximum absolute atomic E-state index is 13.4. The Hall–Kier alpha value is -1.04. The van der Waals surface area contributed by atoms with Gasteiger partial charge in [-0.1, -0.05) is 6.07 Å². The van der Waals surface area contributed by atoms with E-state index < -0.39 is 17.2 Å². The SMILES string of the molecule is CC(CO)(c1ccc(F)c(F)c1)N1CCCNCC1. The third kappa shape index (κ3) is 2.94. The van der Waals surface area contributed by atoms with Crippen LogP contribution in [0.1, 0.15) is 18.9 Å². The van der Waals surface area contributed by atoms with E-state index in [1.165, 1.54) is 6.07 Å². The molecule has 0 amide bonds. The smallest absolute Gasteiger partial charge is 0.159 e. The molecule has 1 unspecified atom stereocenters. The van der Waals surface area contributed by atoms with E-state index in [1.54, 1.807) is 6.07 Å². The van der Waals surface area contributed by atoms with E-state index in [0.717, 1.165) is 38.7 Å². The van der Waals surface area contributed by atoms with Crippen LogP contribution in [0, 0.1) is 11.6 Å². The topological polar surface area (TPSA) is 35.5 Å². The molecule has 1 heterocycles. The van der Waals surface area contributed by atoms with Crippen molar-refractivity contribution in [1.82, 2.24) is 10.2 Å². The summed E-state index contributed by atoms with van der Waals surface area (Å²) in [5, 5.41) is 13.1. The number of hydrogen-bond donors (Lipinski definition) is 2. The number of aliphatic hydroxyl groups excluding tert-OH is 1. The zero-order valence-electron chi connectivity index (χ0n) is 11.1. The van der Waals surface area contributed by atoms with Crippen molar-refractivity contribution in [1.29, 1.82) is 0 Å². The second-order valence-corrected chi connectivity index (χ2v) is 5.15. The number of nitrogens with one attached hydrogen (secondary N) is 1. The lowest BCUT2D eigenvalue weighted by Gasteiger charge is -2.40. The van der Waals surface area contributed by atoms with Gasteiger partial charge in [-0.05, 0) is 37.6 Å². The standard InChI is InChI=1S/C14H20F2N2O/c1-14(10-19,18-7-2-5-17-6-8-18)11-3-4-12(15)13(16)9-11/h3-4,9,17,19H,2,5-8,10H2,1H3. The van der Waals surface area contributed by atoms with Gasteiger partial charge in [-0.25, -0.2) is 8.78 Å². The van der Waals surface area contributed by atoms with Gasteiger partial charge in [-0.15, -0.1) is 0 Å². The molecule has 0 spiro atoms. The van der Waals surface area contributed by atoms with Gasteiger partial charge in [0.15, 0.2) is 11.6 Å². The van der Waals surface area contributed by atoms with E-state index in [1.807, 2.05) is 6.92 Å². The molecular weight excluding hydrogens is 250 g/mol. The van der Waals surface area contributed by atoms with Crippen molar-refractivity contribution < 1.29 is 13.9 Å². The lowest BCUT2D eigenvalue weighted by molar-refractivity contribution is 0.0450. The van der Waals surface area contributed by atoms with E-state index in [0.29, 0.717) is 5.56 Å². The first-order valence-corrected chi connectivity index (χ1v) is 6.60. The monoisotopic (exact) mass is 270 g/mol. The van der Waals surface area contributed by atoms with Crippen molar-refractivity contribution in [2.75, 3.05) is 32.8 Å². The summed E-state index contributed by atoms with van der Waals surface area (Å²) in [6.07, 6.45) is 0.971. The molecule has 1 aliphatic rings. The Kier molecular flexibility index (Phi) is 4.50. The maximum atomic E-state index is 13.4. The molecule has 19 heavy (non-hydrogen) atoms. The fourth-order valence-electron chi connectivity index (χ4n) is 2.54. The van der Waals surface area contributed by atoms with Gasteiger partial charge in [-0.2, -0.15) is 0 Å². The molecule has 1 aromatic rings. The van der Waals surface area contributed by atoms with Crippen LogP contribution in [0.2, 0.25) is 0 Å². The van der Waals surface area contributed by atoms with Crippen LogP contribution in [-0.2, 0) is 5.54 Å². The van der Waals surface area contributed by atoms with Crippen LogP contribution in [-0.4, -0.2) is 42.8 Å². The Labute approximate surface area is 112 Å². The third-order valence-electron chi connectivity index (χ3n) is 3.89. The molecule has 1 saturated heterocycles. The summed E-state index contributed by atoms with van der Waals surface area (Å²) in [7, 11) is 0. The summed E-state index contributed by atoms with van der Waals surface area (Å²) >= 11 is 0. The average Bonchev–Trinajstić information content (AvgIpc) is 2.70. The van der Waals surface area contributed by atoms with Gasteiger partial charge in [0.25, 0.3) is 0 Å². The Morgan fingerprint density at radius 3 is 2.74 bits per heavy atom. The summed E-state index contributed by atoms with van der Waals surface area (Å²) in [5.41, 5.74) is -0.0728. The van der Waals surface area contributed by atoms with Crippen molar-refractivity contribution >= 4 is 0 Å². The highest BCUT2D eigenvalue weighted by molar-refractivity contribution is 5.26. The van der Waals surface area contributed by atoms with Gasteiger partial charge >= 0.3 is 0 Å². The molecule has 0 bridgehead atoms. The molecule has 2 rings (SSSR count). The van der Waals surface area contributed by atoms with Crippen LogP contribution in [0.5, 0.6) is 0 Å². The van der Waals surface area contributed by atoms with Crippen molar-refractivity contribution in [3.05, 3.63) is 35.4 Å². The Balaban J connectivity index is 2.31. The zero-order chi connectivity index (χ0) is 13.9. The molecule has 1 aromatic carbocycles. The predicted molar refractivity (Wildman–Crippen MR) is 69.9 cm³/mol. The zero-order valence-corrected chi connectivity index (χ0v) is 11.1. The quantitative estimate of drug-likeness (QED) is 0.873. The predicted octanol–water partition coefficient (Wildman–Crippen LogP) is 1.47. The molecule has 5 heteroatoms. The van der Waals surface area contributed by atoms with Crippen LogP contribution in [0.15, 0.2) is 18.2 Å². The average molecular weight is 270 g/mol.